The Morgan fingerprint density at radius 3 is 2.46 bits per heavy atom. The smallest absolute Gasteiger partial charge is 0.286 e. The molecule has 0 aliphatic carbocycles. The van der Waals surface area contributed by atoms with Crippen molar-refractivity contribution in [2.24, 2.45) is 0 Å². The lowest BCUT2D eigenvalue weighted by molar-refractivity contribution is 0.0710. The predicted molar refractivity (Wildman–Crippen MR) is 95.3 cm³/mol. The first-order chi connectivity index (χ1) is 12.5. The fourth-order valence-corrected chi connectivity index (χ4v) is 4.87. The quantitative estimate of drug-likeness (QED) is 0.565. The highest BCUT2D eigenvalue weighted by molar-refractivity contribution is 7.89. The zero-order chi connectivity index (χ0) is 18.7. The van der Waals surface area contributed by atoms with Crippen molar-refractivity contribution < 1.29 is 23.2 Å². The van der Waals surface area contributed by atoms with E-state index in [2.05, 4.69) is 4.98 Å². The van der Waals surface area contributed by atoms with Gasteiger partial charge in [-0.2, -0.15) is 4.31 Å². The van der Waals surface area contributed by atoms with Crippen LogP contribution >= 0.6 is 11.3 Å². The molecule has 11 heteroatoms. The first-order valence-electron chi connectivity index (χ1n) is 7.75. The Kier molecular flexibility index (Phi) is 5.41. The molecule has 1 saturated heterocycles. The van der Waals surface area contributed by atoms with Gasteiger partial charge in [0.25, 0.3) is 5.91 Å². The summed E-state index contributed by atoms with van der Waals surface area (Å²) in [6.45, 7) is 1.55. The number of methoxy groups -OCH3 is 1. The second kappa shape index (κ2) is 7.58. The average Bonchev–Trinajstić information content (AvgIpc) is 3.17. The van der Waals surface area contributed by atoms with E-state index in [0.29, 0.717) is 37.1 Å². The first kappa shape index (κ1) is 18.6. The predicted octanol–water partition coefficient (Wildman–Crippen LogP) is 0.782. The second-order valence-corrected chi connectivity index (χ2v) is 8.46. The molecule has 0 bridgehead atoms. The number of benzene rings is 1. The van der Waals surface area contributed by atoms with Crippen LogP contribution in [0.25, 0.3) is 0 Å². The average molecular weight is 398 g/mol. The van der Waals surface area contributed by atoms with Crippen molar-refractivity contribution in [1.29, 1.82) is 0 Å². The van der Waals surface area contributed by atoms with Crippen LogP contribution in [0.15, 0.2) is 35.4 Å². The molecule has 0 atom stereocenters. The summed E-state index contributed by atoms with van der Waals surface area (Å²) in [6.07, 6.45) is 1.38. The van der Waals surface area contributed by atoms with Gasteiger partial charge in [-0.3, -0.25) is 10.0 Å². The van der Waals surface area contributed by atoms with Gasteiger partial charge in [-0.25, -0.2) is 18.9 Å². The Bertz CT molecular complexity index is 874. The molecule has 0 unspecified atom stereocenters. The summed E-state index contributed by atoms with van der Waals surface area (Å²) >= 11 is 1.14. The van der Waals surface area contributed by atoms with Crippen LogP contribution in [0.4, 0.5) is 5.13 Å². The van der Waals surface area contributed by atoms with Crippen molar-refractivity contribution in [2.45, 2.75) is 4.90 Å². The Morgan fingerprint density at radius 1 is 1.23 bits per heavy atom. The molecule has 26 heavy (non-hydrogen) atoms. The van der Waals surface area contributed by atoms with E-state index in [-0.39, 0.29) is 9.77 Å². The fraction of sp³-hybridized carbons (Fsp3) is 0.333. The third kappa shape index (κ3) is 3.65. The molecule has 3 rings (SSSR count). The standard InChI is InChI=1S/C15H18N4O5S2/c1-24-11-2-4-12(5-3-11)26(22,23)19-8-6-18(7-9-19)15-16-10-13(25-15)14(20)17-21/h2-5,10,21H,6-9H2,1H3,(H,17,20). The number of hydrogen-bond acceptors (Lipinski definition) is 8. The lowest BCUT2D eigenvalue weighted by Gasteiger charge is -2.33. The van der Waals surface area contributed by atoms with Crippen LogP contribution in [0.1, 0.15) is 9.67 Å². The number of amides is 1. The third-order valence-electron chi connectivity index (χ3n) is 4.03. The number of thiazole rings is 1. The summed E-state index contributed by atoms with van der Waals surface area (Å²) < 4.78 is 32.0. The molecule has 1 fully saturated rings. The first-order valence-corrected chi connectivity index (χ1v) is 10.0. The van der Waals surface area contributed by atoms with E-state index in [4.69, 9.17) is 9.94 Å². The number of carbonyl (C=O) groups is 1. The van der Waals surface area contributed by atoms with Crippen LogP contribution in [0.2, 0.25) is 0 Å². The van der Waals surface area contributed by atoms with E-state index in [0.717, 1.165) is 11.3 Å². The summed E-state index contributed by atoms with van der Waals surface area (Å²) in [7, 11) is -2.04. The van der Waals surface area contributed by atoms with Gasteiger partial charge in [-0.05, 0) is 24.3 Å². The zero-order valence-electron chi connectivity index (χ0n) is 14.0. The summed E-state index contributed by atoms with van der Waals surface area (Å²) in [6, 6.07) is 6.29. The van der Waals surface area contributed by atoms with Crippen molar-refractivity contribution in [2.75, 3.05) is 38.2 Å². The molecule has 2 N–H and O–H groups in total. The van der Waals surface area contributed by atoms with Gasteiger partial charge in [0.2, 0.25) is 10.0 Å². The van der Waals surface area contributed by atoms with Gasteiger partial charge in [-0.15, -0.1) is 0 Å². The monoisotopic (exact) mass is 398 g/mol. The van der Waals surface area contributed by atoms with E-state index in [1.807, 2.05) is 4.90 Å². The van der Waals surface area contributed by atoms with E-state index < -0.39 is 15.9 Å². The maximum absolute atomic E-state index is 12.7. The summed E-state index contributed by atoms with van der Waals surface area (Å²) in [5, 5.41) is 9.27. The van der Waals surface area contributed by atoms with Crippen LogP contribution in [-0.4, -0.2) is 62.1 Å². The molecule has 0 spiro atoms. The molecular weight excluding hydrogens is 380 g/mol. The van der Waals surface area contributed by atoms with Crippen LogP contribution in [0, 0.1) is 0 Å². The molecule has 1 amide bonds. The number of anilines is 1. The number of hydroxylamine groups is 1. The van der Waals surface area contributed by atoms with Crippen LogP contribution < -0.4 is 15.1 Å². The number of nitrogens with one attached hydrogen (secondary N) is 1. The molecule has 0 radical (unpaired) electrons. The van der Waals surface area contributed by atoms with Crippen LogP contribution in [0.3, 0.4) is 0 Å². The lowest BCUT2D eigenvalue weighted by Crippen LogP contribution is -2.48. The van der Waals surface area contributed by atoms with E-state index in [9.17, 15) is 13.2 Å². The van der Waals surface area contributed by atoms with Gasteiger partial charge >= 0.3 is 0 Å². The Labute approximate surface area is 154 Å². The Hall–Kier alpha value is -2.21. The minimum absolute atomic E-state index is 0.225. The number of sulfonamides is 1. The van der Waals surface area contributed by atoms with Crippen molar-refractivity contribution in [3.63, 3.8) is 0 Å². The number of ether oxygens (including phenoxy) is 1. The van der Waals surface area contributed by atoms with E-state index >= 15 is 0 Å². The fourth-order valence-electron chi connectivity index (χ4n) is 2.59. The minimum Gasteiger partial charge on any atom is -0.497 e. The molecule has 2 heterocycles. The largest absolute Gasteiger partial charge is 0.497 e. The van der Waals surface area contributed by atoms with Crippen LogP contribution in [-0.2, 0) is 10.0 Å². The molecule has 140 valence electrons. The molecule has 1 aliphatic rings. The maximum atomic E-state index is 12.7. The lowest BCUT2D eigenvalue weighted by atomic mass is 10.3. The zero-order valence-corrected chi connectivity index (χ0v) is 15.6. The van der Waals surface area contributed by atoms with Gasteiger partial charge in [0.05, 0.1) is 18.2 Å². The second-order valence-electron chi connectivity index (χ2n) is 5.51. The van der Waals surface area contributed by atoms with Crippen molar-refractivity contribution in [1.82, 2.24) is 14.8 Å². The van der Waals surface area contributed by atoms with Crippen molar-refractivity contribution >= 4 is 32.4 Å². The SMILES string of the molecule is COc1ccc(S(=O)(=O)N2CCN(c3ncc(C(=O)NO)s3)CC2)cc1. The highest BCUT2D eigenvalue weighted by atomic mass is 32.2. The highest BCUT2D eigenvalue weighted by Crippen LogP contribution is 2.26. The van der Waals surface area contributed by atoms with Crippen LogP contribution in [0.5, 0.6) is 5.75 Å². The van der Waals surface area contributed by atoms with Gasteiger partial charge < -0.3 is 9.64 Å². The maximum Gasteiger partial charge on any atom is 0.286 e. The molecule has 1 aromatic heterocycles. The normalized spacial score (nSPS) is 15.7. The van der Waals surface area contributed by atoms with Gasteiger partial charge in [0.1, 0.15) is 10.6 Å². The topological polar surface area (TPSA) is 112 Å². The van der Waals surface area contributed by atoms with E-state index in [1.54, 1.807) is 17.6 Å². The van der Waals surface area contributed by atoms with Crippen molar-refractivity contribution in [3.8, 4) is 5.75 Å². The molecule has 2 aromatic rings. The summed E-state index contributed by atoms with van der Waals surface area (Å²) in [4.78, 5) is 18.0. The molecule has 0 saturated carbocycles. The number of rotatable bonds is 5. The Balaban J connectivity index is 1.67. The number of hydrogen-bond donors (Lipinski definition) is 2. The number of aromatic nitrogens is 1. The van der Waals surface area contributed by atoms with E-state index in [1.165, 1.54) is 29.7 Å². The highest BCUT2D eigenvalue weighted by Gasteiger charge is 2.29. The number of nitrogens with zero attached hydrogens (tertiary/aromatic N) is 3. The van der Waals surface area contributed by atoms with Gasteiger partial charge in [-0.1, -0.05) is 11.3 Å². The number of piperazine rings is 1. The van der Waals surface area contributed by atoms with Crippen molar-refractivity contribution in [3.05, 3.63) is 35.3 Å². The summed E-state index contributed by atoms with van der Waals surface area (Å²) in [5.74, 6) is -0.0188. The minimum atomic E-state index is -3.57. The molecular formula is C15H18N4O5S2. The Morgan fingerprint density at radius 2 is 1.88 bits per heavy atom. The number of carbonyl (C=O) groups excluding carboxylic acids is 1. The molecule has 9 nitrogen and oxygen atoms in total. The summed E-state index contributed by atoms with van der Waals surface area (Å²) in [5.41, 5.74) is 1.57. The third-order valence-corrected chi connectivity index (χ3v) is 6.99. The van der Waals surface area contributed by atoms with Gasteiger partial charge in [0, 0.05) is 26.2 Å². The van der Waals surface area contributed by atoms with Gasteiger partial charge in [0.15, 0.2) is 5.13 Å². The molecule has 1 aliphatic heterocycles. The molecule has 1 aromatic carbocycles.